The molecule has 0 N–H and O–H groups in total. The van der Waals surface area contributed by atoms with Gasteiger partial charge in [-0.3, -0.25) is 0 Å². The Balaban J connectivity index is 0.921. The van der Waals surface area contributed by atoms with Crippen molar-refractivity contribution in [2.24, 2.45) is 0 Å². The van der Waals surface area contributed by atoms with Crippen LogP contribution in [-0.4, -0.2) is 0 Å². The summed E-state index contributed by atoms with van der Waals surface area (Å²) in [6.07, 6.45) is 0. The number of rotatable bonds is 6. The highest BCUT2D eigenvalue weighted by Gasteiger charge is 2.37. The lowest BCUT2D eigenvalue weighted by atomic mass is 9.81. The minimum Gasteiger partial charge on any atom is -0.310 e. The molecule has 9 aromatic carbocycles. The van der Waals surface area contributed by atoms with E-state index in [4.69, 9.17) is 0 Å². The Labute approximate surface area is 368 Å². The molecule has 0 aliphatic heterocycles. The van der Waals surface area contributed by atoms with Gasteiger partial charge in [-0.25, -0.2) is 0 Å². The van der Waals surface area contributed by atoms with Crippen LogP contribution in [-0.2, 0) is 10.8 Å². The molecule has 1 aromatic heterocycles. The summed E-state index contributed by atoms with van der Waals surface area (Å²) in [4.78, 5) is 2.42. The molecule has 0 fully saturated rings. The summed E-state index contributed by atoms with van der Waals surface area (Å²) in [5.41, 5.74) is 21.5. The number of anilines is 3. The van der Waals surface area contributed by atoms with Crippen molar-refractivity contribution in [3.8, 4) is 55.6 Å². The summed E-state index contributed by atoms with van der Waals surface area (Å²) in [5.74, 6) is 0. The van der Waals surface area contributed by atoms with Gasteiger partial charge in [-0.15, -0.1) is 11.3 Å². The zero-order valence-electron chi connectivity index (χ0n) is 35.4. The summed E-state index contributed by atoms with van der Waals surface area (Å²) in [6, 6.07) is 74.7. The van der Waals surface area contributed by atoms with Crippen LogP contribution >= 0.6 is 11.3 Å². The highest BCUT2D eigenvalue weighted by Crippen LogP contribution is 2.52. The van der Waals surface area contributed by atoms with Crippen molar-refractivity contribution in [1.29, 1.82) is 0 Å². The zero-order chi connectivity index (χ0) is 41.7. The van der Waals surface area contributed by atoms with Crippen LogP contribution in [0.5, 0.6) is 0 Å². The first kappa shape index (κ1) is 36.8. The summed E-state index contributed by atoms with van der Waals surface area (Å²) in [5, 5.41) is 2.66. The maximum absolute atomic E-state index is 2.43. The quantitative estimate of drug-likeness (QED) is 0.162. The van der Waals surface area contributed by atoms with Crippen LogP contribution in [0.1, 0.15) is 49.9 Å². The molecule has 1 nitrogen and oxygen atoms in total. The van der Waals surface area contributed by atoms with Gasteiger partial charge in [-0.2, -0.15) is 0 Å². The van der Waals surface area contributed by atoms with Gasteiger partial charge < -0.3 is 4.90 Å². The molecular formula is C60H45NS. The van der Waals surface area contributed by atoms with Crippen molar-refractivity contribution in [2.75, 3.05) is 4.90 Å². The second-order valence-corrected chi connectivity index (χ2v) is 19.2. The van der Waals surface area contributed by atoms with Crippen molar-refractivity contribution in [3.05, 3.63) is 222 Å². The monoisotopic (exact) mass is 811 g/mol. The van der Waals surface area contributed by atoms with E-state index in [9.17, 15) is 0 Å². The minimum atomic E-state index is -0.101. The fraction of sp³-hybridized carbons (Fsp3) is 0.100. The molecule has 0 spiro atoms. The Morgan fingerprint density at radius 3 is 1.55 bits per heavy atom. The first-order valence-corrected chi connectivity index (χ1v) is 22.6. The van der Waals surface area contributed by atoms with Crippen LogP contribution in [0.3, 0.4) is 0 Å². The number of nitrogens with zero attached hydrogens (tertiary/aromatic N) is 1. The van der Waals surface area contributed by atoms with Crippen LogP contribution < -0.4 is 4.90 Å². The molecule has 0 saturated heterocycles. The van der Waals surface area contributed by atoms with Gasteiger partial charge in [-0.1, -0.05) is 167 Å². The topological polar surface area (TPSA) is 3.24 Å². The summed E-state index contributed by atoms with van der Waals surface area (Å²) >= 11 is 1.87. The van der Waals surface area contributed by atoms with E-state index in [1.165, 1.54) is 98.1 Å². The lowest BCUT2D eigenvalue weighted by Gasteiger charge is -2.28. The van der Waals surface area contributed by atoms with Gasteiger partial charge in [0, 0.05) is 48.1 Å². The Morgan fingerprint density at radius 2 is 0.790 bits per heavy atom. The predicted molar refractivity (Wildman–Crippen MR) is 265 cm³/mol. The molecule has 0 unspecified atom stereocenters. The van der Waals surface area contributed by atoms with Crippen LogP contribution in [0.25, 0.3) is 75.8 Å². The average Bonchev–Trinajstić information content (AvgIpc) is 3.88. The molecule has 10 aromatic rings. The van der Waals surface area contributed by atoms with Gasteiger partial charge in [0.2, 0.25) is 0 Å². The van der Waals surface area contributed by atoms with Crippen LogP contribution in [0.4, 0.5) is 17.1 Å². The van der Waals surface area contributed by atoms with Gasteiger partial charge >= 0.3 is 0 Å². The molecule has 296 valence electrons. The van der Waals surface area contributed by atoms with E-state index >= 15 is 0 Å². The first-order chi connectivity index (χ1) is 30.2. The summed E-state index contributed by atoms with van der Waals surface area (Å²) in [6.45, 7) is 9.46. The first-order valence-electron chi connectivity index (χ1n) is 21.7. The summed E-state index contributed by atoms with van der Waals surface area (Å²) in [7, 11) is 0. The lowest BCUT2D eigenvalue weighted by Crippen LogP contribution is -2.16. The molecule has 0 radical (unpaired) electrons. The van der Waals surface area contributed by atoms with Crippen molar-refractivity contribution in [2.45, 2.75) is 38.5 Å². The van der Waals surface area contributed by atoms with E-state index in [2.05, 4.69) is 233 Å². The number of hydrogen-bond donors (Lipinski definition) is 0. The van der Waals surface area contributed by atoms with Gasteiger partial charge in [0.1, 0.15) is 0 Å². The normalized spacial score (nSPS) is 14.1. The van der Waals surface area contributed by atoms with Crippen molar-refractivity contribution in [1.82, 2.24) is 0 Å². The standard InChI is InChI=1S/C60H45NS/c1-59(2)53-16-10-8-14-47(53)48-32-29-46(37-56(48)59)61(45-27-20-40(21-28-45)43-23-31-51-50-15-9-11-17-57(50)62-58(51)36-43)44-25-18-39(19-26-44)41-24-33-54-52(34-41)49-30-22-42(35-55(49)60(54,3)4)38-12-6-5-7-13-38/h5-37H,1-4H3. The van der Waals surface area contributed by atoms with E-state index in [1.807, 2.05) is 11.3 Å². The molecule has 0 amide bonds. The number of benzene rings is 9. The van der Waals surface area contributed by atoms with E-state index in [0.717, 1.165) is 17.1 Å². The molecule has 62 heavy (non-hydrogen) atoms. The minimum absolute atomic E-state index is 0.0783. The third kappa shape index (κ3) is 5.67. The Bertz CT molecular complexity index is 3390. The smallest absolute Gasteiger partial charge is 0.0465 e. The third-order valence-corrected chi connectivity index (χ3v) is 15.0. The predicted octanol–water partition coefficient (Wildman–Crippen LogP) is 17.1. The van der Waals surface area contributed by atoms with Crippen molar-refractivity contribution < 1.29 is 0 Å². The van der Waals surface area contributed by atoms with E-state index in [0.29, 0.717) is 0 Å². The Morgan fingerprint density at radius 1 is 0.306 bits per heavy atom. The average molecular weight is 812 g/mol. The van der Waals surface area contributed by atoms with Crippen molar-refractivity contribution >= 4 is 48.6 Å². The second kappa shape index (κ2) is 13.8. The largest absolute Gasteiger partial charge is 0.310 e. The molecule has 0 atom stereocenters. The Hall–Kier alpha value is -7.00. The highest BCUT2D eigenvalue weighted by atomic mass is 32.1. The summed E-state index contributed by atoms with van der Waals surface area (Å²) < 4.78 is 2.66. The van der Waals surface area contributed by atoms with E-state index in [1.54, 1.807) is 0 Å². The lowest BCUT2D eigenvalue weighted by molar-refractivity contribution is 0.660. The third-order valence-electron chi connectivity index (χ3n) is 13.9. The van der Waals surface area contributed by atoms with Gasteiger partial charge in [-0.05, 0) is 139 Å². The number of hydrogen-bond acceptors (Lipinski definition) is 2. The Kier molecular flexibility index (Phi) is 8.17. The molecule has 2 heteroatoms. The van der Waals surface area contributed by atoms with E-state index in [-0.39, 0.29) is 10.8 Å². The number of thiophene rings is 1. The second-order valence-electron chi connectivity index (χ2n) is 18.2. The molecular weight excluding hydrogens is 767 g/mol. The van der Waals surface area contributed by atoms with E-state index < -0.39 is 0 Å². The fourth-order valence-electron chi connectivity index (χ4n) is 10.5. The van der Waals surface area contributed by atoms with Crippen LogP contribution in [0.2, 0.25) is 0 Å². The maximum Gasteiger partial charge on any atom is 0.0465 e. The maximum atomic E-state index is 2.43. The van der Waals surface area contributed by atoms with Gasteiger partial charge in [0.25, 0.3) is 0 Å². The molecule has 1 heterocycles. The molecule has 2 aliphatic rings. The number of fused-ring (bicyclic) bond motifs is 9. The molecule has 2 aliphatic carbocycles. The fourth-order valence-corrected chi connectivity index (χ4v) is 11.7. The van der Waals surface area contributed by atoms with Crippen LogP contribution in [0.15, 0.2) is 200 Å². The SMILES string of the molecule is CC1(C)c2ccc(-c3ccc(N(c4ccc(-c5ccc6c(c5)sc5ccccc56)cc4)c4ccc5c(c4)C(C)(C)c4ccccc4-5)cc3)cc2-c2ccc(-c3ccccc3)cc21. The zero-order valence-corrected chi connectivity index (χ0v) is 36.2. The van der Waals surface area contributed by atoms with Gasteiger partial charge in [0.15, 0.2) is 0 Å². The van der Waals surface area contributed by atoms with Crippen LogP contribution in [0, 0.1) is 0 Å². The highest BCUT2D eigenvalue weighted by molar-refractivity contribution is 7.25. The molecule has 12 rings (SSSR count). The molecule has 0 saturated carbocycles. The van der Waals surface area contributed by atoms with Gasteiger partial charge in [0.05, 0.1) is 0 Å². The molecule has 0 bridgehead atoms. The van der Waals surface area contributed by atoms with Crippen molar-refractivity contribution in [3.63, 3.8) is 0 Å².